The van der Waals surface area contributed by atoms with Gasteiger partial charge in [-0.05, 0) is 30.7 Å². The van der Waals surface area contributed by atoms with Gasteiger partial charge in [0.2, 0.25) is 0 Å². The van der Waals surface area contributed by atoms with Gasteiger partial charge in [-0.2, -0.15) is 0 Å². The average Bonchev–Trinajstić information content (AvgIpc) is 2.59. The molecule has 0 heterocycles. The Morgan fingerprint density at radius 1 is 0.696 bits per heavy atom. The van der Waals surface area contributed by atoms with E-state index in [1.165, 1.54) is 49.2 Å². The number of nitrogens with zero attached hydrogens (tertiary/aromatic N) is 2. The number of benzene rings is 2. The van der Waals surface area contributed by atoms with Crippen molar-refractivity contribution in [3.05, 3.63) is 54.6 Å². The van der Waals surface area contributed by atoms with Crippen LogP contribution in [0.5, 0.6) is 0 Å². The van der Waals surface area contributed by atoms with Gasteiger partial charge in [0.1, 0.15) is 0 Å². The highest BCUT2D eigenvalue weighted by Crippen LogP contribution is 2.33. The average molecular weight is 310 g/mol. The Kier molecular flexibility index (Phi) is 6.99. The van der Waals surface area contributed by atoms with Gasteiger partial charge in [0.15, 0.2) is 0 Å². The fraction of sp³-hybridized carbons (Fsp3) is 0.429. The minimum Gasteiger partial charge on any atom is -0.376 e. The number of para-hydroxylation sites is 3. The van der Waals surface area contributed by atoms with Crippen LogP contribution in [0.3, 0.4) is 0 Å². The predicted octanol–water partition coefficient (Wildman–Crippen LogP) is 5.86. The molecule has 0 aliphatic rings. The van der Waals surface area contributed by atoms with Crippen molar-refractivity contribution in [1.29, 1.82) is 0 Å². The van der Waals surface area contributed by atoms with Crippen molar-refractivity contribution in [1.82, 2.24) is 0 Å². The summed E-state index contributed by atoms with van der Waals surface area (Å²) in [6, 6.07) is 19.4. The van der Waals surface area contributed by atoms with Crippen molar-refractivity contribution >= 4 is 17.1 Å². The summed E-state index contributed by atoms with van der Waals surface area (Å²) in [5.41, 5.74) is 3.83. The zero-order valence-corrected chi connectivity index (χ0v) is 14.8. The molecule has 2 aromatic rings. The van der Waals surface area contributed by atoms with Crippen LogP contribution in [-0.2, 0) is 0 Å². The second-order valence-electron chi connectivity index (χ2n) is 6.28. The second-order valence-corrected chi connectivity index (χ2v) is 6.28. The van der Waals surface area contributed by atoms with Crippen molar-refractivity contribution in [2.24, 2.45) is 0 Å². The normalized spacial score (nSPS) is 10.6. The molecule has 0 atom stereocenters. The van der Waals surface area contributed by atoms with Crippen molar-refractivity contribution < 1.29 is 0 Å². The molecule has 23 heavy (non-hydrogen) atoms. The van der Waals surface area contributed by atoms with Crippen molar-refractivity contribution in [2.75, 3.05) is 30.4 Å². The Labute approximate surface area is 141 Å². The molecule has 0 aliphatic carbocycles. The van der Waals surface area contributed by atoms with Crippen molar-refractivity contribution in [2.45, 2.75) is 39.0 Å². The first kappa shape index (κ1) is 17.4. The summed E-state index contributed by atoms with van der Waals surface area (Å²) in [4.78, 5) is 4.66. The molecule has 2 aromatic carbocycles. The number of hydrogen-bond acceptors (Lipinski definition) is 2. The molecule has 0 spiro atoms. The van der Waals surface area contributed by atoms with Crippen LogP contribution in [-0.4, -0.2) is 20.6 Å². The molecule has 0 saturated heterocycles. The van der Waals surface area contributed by atoms with E-state index < -0.39 is 0 Å². The molecular weight excluding hydrogens is 280 g/mol. The largest absolute Gasteiger partial charge is 0.376 e. The summed E-state index contributed by atoms with van der Waals surface area (Å²) >= 11 is 0. The van der Waals surface area contributed by atoms with Gasteiger partial charge in [-0.3, -0.25) is 0 Å². The molecule has 2 nitrogen and oxygen atoms in total. The van der Waals surface area contributed by atoms with Crippen LogP contribution in [0.2, 0.25) is 0 Å². The third-order valence-electron chi connectivity index (χ3n) is 4.21. The maximum Gasteiger partial charge on any atom is 0.0648 e. The second kappa shape index (κ2) is 9.24. The first-order valence-corrected chi connectivity index (χ1v) is 8.83. The lowest BCUT2D eigenvalue weighted by molar-refractivity contribution is 0.634. The SMILES string of the molecule is CCCCCCCN(c1ccccc1)c1ccccc1N(C)C. The molecule has 0 amide bonds. The standard InChI is InChI=1S/C21H30N2/c1-4-5-6-7-13-18-23(19-14-9-8-10-15-19)21-17-12-11-16-20(21)22(2)3/h8-12,14-17H,4-7,13,18H2,1-3H3. The summed E-state index contributed by atoms with van der Waals surface area (Å²) in [5.74, 6) is 0. The molecule has 124 valence electrons. The molecule has 0 fully saturated rings. The summed E-state index contributed by atoms with van der Waals surface area (Å²) < 4.78 is 0. The third-order valence-corrected chi connectivity index (χ3v) is 4.21. The predicted molar refractivity (Wildman–Crippen MR) is 103 cm³/mol. The van der Waals surface area contributed by atoms with E-state index in [4.69, 9.17) is 0 Å². The highest BCUT2D eigenvalue weighted by Gasteiger charge is 2.13. The molecule has 0 aromatic heterocycles. The monoisotopic (exact) mass is 310 g/mol. The van der Waals surface area contributed by atoms with Gasteiger partial charge in [0, 0.05) is 26.3 Å². The molecule has 0 N–H and O–H groups in total. The zero-order chi connectivity index (χ0) is 16.5. The van der Waals surface area contributed by atoms with Crippen LogP contribution in [0.25, 0.3) is 0 Å². The van der Waals surface area contributed by atoms with E-state index in [1.807, 2.05) is 0 Å². The third kappa shape index (κ3) is 5.02. The van der Waals surface area contributed by atoms with Gasteiger partial charge in [0.05, 0.1) is 11.4 Å². The van der Waals surface area contributed by atoms with Gasteiger partial charge in [0.25, 0.3) is 0 Å². The fourth-order valence-electron chi connectivity index (χ4n) is 2.94. The minimum absolute atomic E-state index is 1.07. The van der Waals surface area contributed by atoms with Crippen LogP contribution in [0.4, 0.5) is 17.1 Å². The Morgan fingerprint density at radius 2 is 1.30 bits per heavy atom. The van der Waals surface area contributed by atoms with E-state index >= 15 is 0 Å². The van der Waals surface area contributed by atoms with E-state index in [9.17, 15) is 0 Å². The van der Waals surface area contributed by atoms with Crippen LogP contribution in [0, 0.1) is 0 Å². The van der Waals surface area contributed by atoms with E-state index in [2.05, 4.69) is 85.4 Å². The number of unbranched alkanes of at least 4 members (excludes halogenated alkanes) is 4. The lowest BCUT2D eigenvalue weighted by Crippen LogP contribution is -2.21. The lowest BCUT2D eigenvalue weighted by Gasteiger charge is -2.29. The Balaban J connectivity index is 2.20. The summed E-state index contributed by atoms with van der Waals surface area (Å²) in [6.07, 6.45) is 6.53. The molecule has 2 rings (SSSR count). The van der Waals surface area contributed by atoms with Crippen LogP contribution in [0.15, 0.2) is 54.6 Å². The first-order chi connectivity index (χ1) is 11.2. The maximum atomic E-state index is 2.46. The van der Waals surface area contributed by atoms with E-state index in [1.54, 1.807) is 0 Å². The van der Waals surface area contributed by atoms with Crippen molar-refractivity contribution in [3.63, 3.8) is 0 Å². The Morgan fingerprint density at radius 3 is 1.96 bits per heavy atom. The highest BCUT2D eigenvalue weighted by molar-refractivity contribution is 5.76. The first-order valence-electron chi connectivity index (χ1n) is 8.83. The fourth-order valence-corrected chi connectivity index (χ4v) is 2.94. The van der Waals surface area contributed by atoms with E-state index in [0.29, 0.717) is 0 Å². The topological polar surface area (TPSA) is 6.48 Å². The van der Waals surface area contributed by atoms with Gasteiger partial charge >= 0.3 is 0 Å². The van der Waals surface area contributed by atoms with E-state index in [-0.39, 0.29) is 0 Å². The molecular formula is C21H30N2. The zero-order valence-electron chi connectivity index (χ0n) is 14.8. The summed E-state index contributed by atoms with van der Waals surface area (Å²) in [6.45, 7) is 3.34. The van der Waals surface area contributed by atoms with Gasteiger partial charge in [-0.1, -0.05) is 62.9 Å². The van der Waals surface area contributed by atoms with Gasteiger partial charge in [-0.15, -0.1) is 0 Å². The summed E-state index contributed by atoms with van der Waals surface area (Å²) in [5, 5.41) is 0. The minimum atomic E-state index is 1.07. The van der Waals surface area contributed by atoms with Crippen molar-refractivity contribution in [3.8, 4) is 0 Å². The molecule has 0 unspecified atom stereocenters. The Hall–Kier alpha value is -1.96. The smallest absolute Gasteiger partial charge is 0.0648 e. The van der Waals surface area contributed by atoms with E-state index in [0.717, 1.165) is 6.54 Å². The molecule has 0 radical (unpaired) electrons. The van der Waals surface area contributed by atoms with Crippen LogP contribution in [0.1, 0.15) is 39.0 Å². The quantitative estimate of drug-likeness (QED) is 0.535. The molecule has 0 saturated carbocycles. The number of hydrogen-bond donors (Lipinski definition) is 0. The van der Waals surface area contributed by atoms with Crippen LogP contribution < -0.4 is 9.80 Å². The molecule has 2 heteroatoms. The highest BCUT2D eigenvalue weighted by atomic mass is 15.2. The molecule has 0 bridgehead atoms. The number of anilines is 3. The van der Waals surface area contributed by atoms with Gasteiger partial charge in [-0.25, -0.2) is 0 Å². The Bertz CT molecular complexity index is 563. The van der Waals surface area contributed by atoms with Gasteiger partial charge < -0.3 is 9.80 Å². The van der Waals surface area contributed by atoms with Crippen LogP contribution >= 0.6 is 0 Å². The molecule has 0 aliphatic heterocycles. The lowest BCUT2D eigenvalue weighted by atomic mass is 10.1. The number of rotatable bonds is 9. The maximum absolute atomic E-state index is 2.46. The summed E-state index contributed by atoms with van der Waals surface area (Å²) in [7, 11) is 4.23.